The molecule has 0 heterocycles. The minimum Gasteiger partial charge on any atom is -0.382 e. The Morgan fingerprint density at radius 2 is 1.83 bits per heavy atom. The van der Waals surface area contributed by atoms with Gasteiger partial charge in [-0.2, -0.15) is 0 Å². The molecule has 0 unspecified atom stereocenters. The Hall–Kier alpha value is -1.48. The standard InChI is InChI=1S/C15H24N2O5S/c1-3-17-23(19,20)14-7-5-13(6-8-14)15(18)16-9-4-10-22-12-11-21-2/h5-8,17H,3-4,9-12H2,1-2H3,(H,16,18). The SMILES string of the molecule is CCNS(=O)(=O)c1ccc(C(=O)NCCCOCCOC)cc1. The van der Waals surface area contributed by atoms with Crippen molar-refractivity contribution in [2.75, 3.05) is 40.0 Å². The number of nitrogens with one attached hydrogen (secondary N) is 2. The Morgan fingerprint density at radius 1 is 1.13 bits per heavy atom. The first-order valence-electron chi connectivity index (χ1n) is 7.46. The molecule has 2 N–H and O–H groups in total. The van der Waals surface area contributed by atoms with Gasteiger partial charge in [0.15, 0.2) is 0 Å². The lowest BCUT2D eigenvalue weighted by Crippen LogP contribution is -2.26. The molecule has 0 radical (unpaired) electrons. The monoisotopic (exact) mass is 344 g/mol. The van der Waals surface area contributed by atoms with Gasteiger partial charge in [-0.1, -0.05) is 6.92 Å². The van der Waals surface area contributed by atoms with E-state index in [0.29, 0.717) is 44.9 Å². The summed E-state index contributed by atoms with van der Waals surface area (Å²) in [5, 5.41) is 2.76. The highest BCUT2D eigenvalue weighted by atomic mass is 32.2. The molecule has 0 fully saturated rings. The highest BCUT2D eigenvalue weighted by Crippen LogP contribution is 2.10. The van der Waals surface area contributed by atoms with Gasteiger partial charge in [-0.05, 0) is 30.7 Å². The largest absolute Gasteiger partial charge is 0.382 e. The molecule has 7 nitrogen and oxygen atoms in total. The van der Waals surface area contributed by atoms with E-state index in [9.17, 15) is 13.2 Å². The fourth-order valence-corrected chi connectivity index (χ4v) is 2.82. The van der Waals surface area contributed by atoms with Crippen LogP contribution in [0.5, 0.6) is 0 Å². The third-order valence-corrected chi connectivity index (χ3v) is 4.51. The molecule has 0 aromatic heterocycles. The average molecular weight is 344 g/mol. The molecule has 0 aliphatic heterocycles. The third-order valence-electron chi connectivity index (χ3n) is 2.94. The highest BCUT2D eigenvalue weighted by Gasteiger charge is 2.13. The number of rotatable bonds is 11. The first-order valence-corrected chi connectivity index (χ1v) is 8.94. The lowest BCUT2D eigenvalue weighted by atomic mass is 10.2. The molecule has 0 saturated carbocycles. The number of hydrogen-bond acceptors (Lipinski definition) is 5. The predicted molar refractivity (Wildman–Crippen MR) is 86.9 cm³/mol. The maximum absolute atomic E-state index is 11.9. The maximum atomic E-state index is 11.9. The van der Waals surface area contributed by atoms with Gasteiger partial charge in [-0.25, -0.2) is 13.1 Å². The van der Waals surface area contributed by atoms with Crippen LogP contribution in [0, 0.1) is 0 Å². The molecule has 1 rings (SSSR count). The van der Waals surface area contributed by atoms with Crippen molar-refractivity contribution in [2.24, 2.45) is 0 Å². The van der Waals surface area contributed by atoms with Crippen molar-refractivity contribution in [1.29, 1.82) is 0 Å². The molecule has 0 spiro atoms. The van der Waals surface area contributed by atoms with Crippen molar-refractivity contribution in [3.63, 3.8) is 0 Å². The number of carbonyl (C=O) groups is 1. The van der Waals surface area contributed by atoms with Crippen molar-refractivity contribution in [3.05, 3.63) is 29.8 Å². The van der Waals surface area contributed by atoms with Crippen molar-refractivity contribution < 1.29 is 22.7 Å². The normalized spacial score (nSPS) is 11.4. The van der Waals surface area contributed by atoms with Crippen LogP contribution in [0.15, 0.2) is 29.2 Å². The van der Waals surface area contributed by atoms with Crippen LogP contribution < -0.4 is 10.0 Å². The number of ether oxygens (including phenoxy) is 2. The molecule has 0 bridgehead atoms. The van der Waals surface area contributed by atoms with E-state index in [1.807, 2.05) is 0 Å². The van der Waals surface area contributed by atoms with Crippen molar-refractivity contribution in [1.82, 2.24) is 10.0 Å². The van der Waals surface area contributed by atoms with Gasteiger partial charge in [-0.15, -0.1) is 0 Å². The molecule has 0 atom stereocenters. The number of sulfonamides is 1. The maximum Gasteiger partial charge on any atom is 0.251 e. The molecule has 1 amide bonds. The van der Waals surface area contributed by atoms with E-state index >= 15 is 0 Å². The first-order chi connectivity index (χ1) is 11.0. The minimum absolute atomic E-state index is 0.141. The van der Waals surface area contributed by atoms with Crippen LogP contribution in [0.25, 0.3) is 0 Å². The van der Waals surface area contributed by atoms with E-state index in [4.69, 9.17) is 9.47 Å². The van der Waals surface area contributed by atoms with Gasteiger partial charge in [-0.3, -0.25) is 4.79 Å². The van der Waals surface area contributed by atoms with Crippen LogP contribution in [-0.2, 0) is 19.5 Å². The predicted octanol–water partition coefficient (Wildman–Crippen LogP) is 0.768. The van der Waals surface area contributed by atoms with Crippen LogP contribution in [0.2, 0.25) is 0 Å². The summed E-state index contributed by atoms with van der Waals surface area (Å²) in [5.74, 6) is -0.241. The van der Waals surface area contributed by atoms with Gasteiger partial charge in [0.2, 0.25) is 10.0 Å². The Bertz CT molecular complexity index is 572. The molecular formula is C15H24N2O5S. The number of amides is 1. The molecule has 0 aliphatic rings. The summed E-state index contributed by atoms with van der Waals surface area (Å²) >= 11 is 0. The summed E-state index contributed by atoms with van der Waals surface area (Å²) < 4.78 is 36.1. The highest BCUT2D eigenvalue weighted by molar-refractivity contribution is 7.89. The Labute approximate surface area is 137 Å². The number of benzene rings is 1. The van der Waals surface area contributed by atoms with Gasteiger partial charge < -0.3 is 14.8 Å². The van der Waals surface area contributed by atoms with E-state index in [1.165, 1.54) is 24.3 Å². The fourth-order valence-electron chi connectivity index (χ4n) is 1.78. The Balaban J connectivity index is 2.40. The second-order valence-electron chi connectivity index (χ2n) is 4.74. The Morgan fingerprint density at radius 3 is 2.43 bits per heavy atom. The summed E-state index contributed by atoms with van der Waals surface area (Å²) in [6.45, 7) is 4.14. The lowest BCUT2D eigenvalue weighted by molar-refractivity contribution is 0.0688. The number of carbonyl (C=O) groups excluding carboxylic acids is 1. The molecule has 0 saturated heterocycles. The van der Waals surface area contributed by atoms with E-state index in [2.05, 4.69) is 10.0 Å². The topological polar surface area (TPSA) is 93.7 Å². The Kier molecular flexibility index (Phi) is 8.78. The molecular weight excluding hydrogens is 320 g/mol. The van der Waals surface area contributed by atoms with Gasteiger partial charge in [0.25, 0.3) is 5.91 Å². The van der Waals surface area contributed by atoms with E-state index < -0.39 is 10.0 Å². The number of methoxy groups -OCH3 is 1. The van der Waals surface area contributed by atoms with Crippen LogP contribution in [0.1, 0.15) is 23.7 Å². The zero-order valence-electron chi connectivity index (χ0n) is 13.5. The number of hydrogen-bond donors (Lipinski definition) is 2. The summed E-state index contributed by atoms with van der Waals surface area (Å²) in [6, 6.07) is 5.82. The summed E-state index contributed by atoms with van der Waals surface area (Å²) in [4.78, 5) is 12.1. The van der Waals surface area contributed by atoms with Gasteiger partial charge in [0.1, 0.15) is 0 Å². The molecule has 130 valence electrons. The van der Waals surface area contributed by atoms with Crippen LogP contribution in [0.3, 0.4) is 0 Å². The van der Waals surface area contributed by atoms with Crippen LogP contribution >= 0.6 is 0 Å². The summed E-state index contributed by atoms with van der Waals surface area (Å²) in [5.41, 5.74) is 0.417. The van der Waals surface area contributed by atoms with E-state index in [-0.39, 0.29) is 10.8 Å². The molecule has 1 aromatic carbocycles. The van der Waals surface area contributed by atoms with Gasteiger partial charge in [0, 0.05) is 32.4 Å². The van der Waals surface area contributed by atoms with E-state index in [0.717, 1.165) is 0 Å². The quantitative estimate of drug-likeness (QED) is 0.578. The molecule has 23 heavy (non-hydrogen) atoms. The minimum atomic E-state index is -3.49. The zero-order valence-corrected chi connectivity index (χ0v) is 14.3. The van der Waals surface area contributed by atoms with Crippen LogP contribution in [-0.4, -0.2) is 54.3 Å². The van der Waals surface area contributed by atoms with Crippen molar-refractivity contribution in [3.8, 4) is 0 Å². The average Bonchev–Trinajstić information content (AvgIpc) is 2.54. The van der Waals surface area contributed by atoms with Gasteiger partial charge in [0.05, 0.1) is 18.1 Å². The van der Waals surface area contributed by atoms with Gasteiger partial charge >= 0.3 is 0 Å². The molecule has 0 aliphatic carbocycles. The van der Waals surface area contributed by atoms with Crippen molar-refractivity contribution >= 4 is 15.9 Å². The van der Waals surface area contributed by atoms with Crippen molar-refractivity contribution in [2.45, 2.75) is 18.2 Å². The van der Waals surface area contributed by atoms with Crippen LogP contribution in [0.4, 0.5) is 0 Å². The smallest absolute Gasteiger partial charge is 0.251 e. The van der Waals surface area contributed by atoms with E-state index in [1.54, 1.807) is 14.0 Å². The zero-order chi connectivity index (χ0) is 17.1. The second kappa shape index (κ2) is 10.3. The fraction of sp³-hybridized carbons (Fsp3) is 0.533. The second-order valence-corrected chi connectivity index (χ2v) is 6.51. The molecule has 8 heteroatoms. The lowest BCUT2D eigenvalue weighted by Gasteiger charge is -2.08. The third kappa shape index (κ3) is 7.08. The molecule has 1 aromatic rings. The summed E-state index contributed by atoms with van der Waals surface area (Å²) in [7, 11) is -1.88. The first kappa shape index (κ1) is 19.6. The summed E-state index contributed by atoms with van der Waals surface area (Å²) in [6.07, 6.45) is 0.697.